The predicted molar refractivity (Wildman–Crippen MR) is 84.9 cm³/mol. The van der Waals surface area contributed by atoms with Gasteiger partial charge in [-0.25, -0.2) is 8.78 Å². The summed E-state index contributed by atoms with van der Waals surface area (Å²) in [6.45, 7) is 0. The van der Waals surface area contributed by atoms with E-state index in [1.54, 1.807) is 24.3 Å². The highest BCUT2D eigenvalue weighted by Gasteiger charge is 2.31. The minimum Gasteiger partial charge on any atom is -0.455 e. The Bertz CT molecular complexity index is 731. The number of ether oxygens (including phenoxy) is 1. The monoisotopic (exact) mass is 333 g/mol. The van der Waals surface area contributed by atoms with E-state index in [0.717, 1.165) is 24.6 Å². The molecule has 0 aliphatic heterocycles. The van der Waals surface area contributed by atoms with E-state index in [1.165, 1.54) is 0 Å². The molecular weight excluding hydrogens is 316 g/mol. The number of halogens is 2. The molecule has 1 aliphatic rings. The van der Waals surface area contributed by atoms with Crippen molar-refractivity contribution in [3.8, 4) is 11.5 Å². The Labute approximate surface area is 138 Å². The number of hydrogen-bond donors (Lipinski definition) is 2. The van der Waals surface area contributed by atoms with Crippen molar-refractivity contribution in [3.63, 3.8) is 0 Å². The second-order valence-corrected chi connectivity index (χ2v) is 5.80. The molecule has 2 N–H and O–H groups in total. The summed E-state index contributed by atoms with van der Waals surface area (Å²) in [6.07, 6.45) is 1.40. The highest BCUT2D eigenvalue weighted by atomic mass is 19.1. The molecule has 4 nitrogen and oxygen atoms in total. The summed E-state index contributed by atoms with van der Waals surface area (Å²) < 4.78 is 32.0. The lowest BCUT2D eigenvalue weighted by Crippen LogP contribution is -2.28. The SMILES string of the molecule is O=C(Nc1ccccc1Oc1cc(F)cc(F)c1)C1CCCC1O. The van der Waals surface area contributed by atoms with E-state index in [9.17, 15) is 18.7 Å². The minimum absolute atomic E-state index is 0.00454. The summed E-state index contributed by atoms with van der Waals surface area (Å²) >= 11 is 0. The summed E-state index contributed by atoms with van der Waals surface area (Å²) in [5, 5.41) is 12.5. The van der Waals surface area contributed by atoms with Gasteiger partial charge in [-0.05, 0) is 31.4 Å². The smallest absolute Gasteiger partial charge is 0.230 e. The summed E-state index contributed by atoms with van der Waals surface area (Å²) in [5.74, 6) is -1.98. The molecule has 0 bridgehead atoms. The molecule has 3 rings (SSSR count). The molecule has 0 aromatic heterocycles. The van der Waals surface area contributed by atoms with E-state index in [2.05, 4.69) is 5.32 Å². The number of carbonyl (C=O) groups is 1. The maximum atomic E-state index is 13.3. The van der Waals surface area contributed by atoms with Gasteiger partial charge < -0.3 is 15.2 Å². The highest BCUT2D eigenvalue weighted by Crippen LogP contribution is 2.32. The second-order valence-electron chi connectivity index (χ2n) is 5.80. The molecule has 0 heterocycles. The summed E-state index contributed by atoms with van der Waals surface area (Å²) in [4.78, 5) is 12.3. The Morgan fingerprint density at radius 3 is 2.50 bits per heavy atom. The number of aliphatic hydroxyl groups is 1. The number of aliphatic hydroxyl groups excluding tert-OH is 1. The van der Waals surface area contributed by atoms with Gasteiger partial charge in [-0.1, -0.05) is 12.1 Å². The first kappa shape index (κ1) is 16.4. The van der Waals surface area contributed by atoms with Gasteiger partial charge in [0.2, 0.25) is 5.91 Å². The Balaban J connectivity index is 1.79. The van der Waals surface area contributed by atoms with E-state index in [0.29, 0.717) is 18.5 Å². The van der Waals surface area contributed by atoms with Crippen LogP contribution in [0.25, 0.3) is 0 Å². The largest absolute Gasteiger partial charge is 0.455 e. The Morgan fingerprint density at radius 1 is 1.12 bits per heavy atom. The number of nitrogens with one attached hydrogen (secondary N) is 1. The van der Waals surface area contributed by atoms with Crippen molar-refractivity contribution in [3.05, 3.63) is 54.1 Å². The van der Waals surface area contributed by atoms with Gasteiger partial charge in [0.1, 0.15) is 17.4 Å². The second kappa shape index (κ2) is 6.97. The van der Waals surface area contributed by atoms with Crippen LogP contribution in [0.2, 0.25) is 0 Å². The molecule has 2 atom stereocenters. The predicted octanol–water partition coefficient (Wildman–Crippen LogP) is 3.86. The molecule has 1 fully saturated rings. The topological polar surface area (TPSA) is 58.6 Å². The molecule has 0 radical (unpaired) electrons. The fraction of sp³-hybridized carbons (Fsp3) is 0.278. The van der Waals surface area contributed by atoms with Crippen LogP contribution in [0, 0.1) is 17.6 Å². The van der Waals surface area contributed by atoms with Crippen LogP contribution in [0.4, 0.5) is 14.5 Å². The maximum Gasteiger partial charge on any atom is 0.230 e. The van der Waals surface area contributed by atoms with Crippen molar-refractivity contribution >= 4 is 11.6 Å². The van der Waals surface area contributed by atoms with Crippen LogP contribution in [-0.4, -0.2) is 17.1 Å². The molecule has 2 aromatic rings. The van der Waals surface area contributed by atoms with E-state index in [4.69, 9.17) is 4.74 Å². The molecule has 24 heavy (non-hydrogen) atoms. The van der Waals surface area contributed by atoms with Gasteiger partial charge in [0.05, 0.1) is 17.7 Å². The minimum atomic E-state index is -0.749. The van der Waals surface area contributed by atoms with Gasteiger partial charge in [-0.15, -0.1) is 0 Å². The Kier molecular flexibility index (Phi) is 4.76. The van der Waals surface area contributed by atoms with Crippen LogP contribution in [0.1, 0.15) is 19.3 Å². The number of para-hydroxylation sites is 2. The molecule has 6 heteroatoms. The molecule has 1 aliphatic carbocycles. The van der Waals surface area contributed by atoms with Gasteiger partial charge in [-0.2, -0.15) is 0 Å². The van der Waals surface area contributed by atoms with Crippen molar-refractivity contribution in [2.24, 2.45) is 5.92 Å². The first-order chi connectivity index (χ1) is 11.5. The average Bonchev–Trinajstić information content (AvgIpc) is 2.94. The van der Waals surface area contributed by atoms with Gasteiger partial charge in [0.25, 0.3) is 0 Å². The molecule has 126 valence electrons. The first-order valence-corrected chi connectivity index (χ1v) is 7.75. The molecule has 2 unspecified atom stereocenters. The first-order valence-electron chi connectivity index (χ1n) is 7.75. The fourth-order valence-electron chi connectivity index (χ4n) is 2.85. The highest BCUT2D eigenvalue weighted by molar-refractivity contribution is 5.94. The fourth-order valence-corrected chi connectivity index (χ4v) is 2.85. The molecule has 2 aromatic carbocycles. The zero-order chi connectivity index (χ0) is 17.1. The van der Waals surface area contributed by atoms with Gasteiger partial charge in [-0.3, -0.25) is 4.79 Å². The van der Waals surface area contributed by atoms with Crippen molar-refractivity contribution in [1.82, 2.24) is 0 Å². The van der Waals surface area contributed by atoms with Crippen LogP contribution in [-0.2, 0) is 4.79 Å². The van der Waals surface area contributed by atoms with Crippen molar-refractivity contribution < 1.29 is 23.4 Å². The van der Waals surface area contributed by atoms with Gasteiger partial charge in [0.15, 0.2) is 5.75 Å². The van der Waals surface area contributed by atoms with Crippen molar-refractivity contribution in [1.29, 1.82) is 0 Å². The lowest BCUT2D eigenvalue weighted by molar-refractivity contribution is -0.122. The van der Waals surface area contributed by atoms with Gasteiger partial charge >= 0.3 is 0 Å². The number of amides is 1. The molecule has 0 spiro atoms. The third kappa shape index (κ3) is 3.71. The van der Waals surface area contributed by atoms with Crippen LogP contribution >= 0.6 is 0 Å². The Hall–Kier alpha value is -2.47. The summed E-state index contributed by atoms with van der Waals surface area (Å²) in [5.41, 5.74) is 0.381. The summed E-state index contributed by atoms with van der Waals surface area (Å²) in [7, 11) is 0. The van der Waals surface area contributed by atoms with E-state index >= 15 is 0 Å². The molecule has 1 amide bonds. The Morgan fingerprint density at radius 2 is 1.83 bits per heavy atom. The number of benzene rings is 2. The van der Waals surface area contributed by atoms with E-state index < -0.39 is 23.7 Å². The number of rotatable bonds is 4. The normalized spacial score (nSPS) is 20.0. The molecule has 0 saturated heterocycles. The van der Waals surface area contributed by atoms with Crippen LogP contribution in [0.3, 0.4) is 0 Å². The average molecular weight is 333 g/mol. The number of anilines is 1. The zero-order valence-corrected chi connectivity index (χ0v) is 12.8. The molecular formula is C18H17F2NO3. The third-order valence-corrected chi connectivity index (χ3v) is 4.03. The molecule has 1 saturated carbocycles. The van der Waals surface area contributed by atoms with Crippen LogP contribution in [0.5, 0.6) is 11.5 Å². The van der Waals surface area contributed by atoms with Crippen molar-refractivity contribution in [2.75, 3.05) is 5.32 Å². The van der Waals surface area contributed by atoms with E-state index in [1.807, 2.05) is 0 Å². The summed E-state index contributed by atoms with van der Waals surface area (Å²) in [6, 6.07) is 9.48. The zero-order valence-electron chi connectivity index (χ0n) is 12.8. The van der Waals surface area contributed by atoms with Crippen LogP contribution < -0.4 is 10.1 Å². The quantitative estimate of drug-likeness (QED) is 0.893. The van der Waals surface area contributed by atoms with E-state index in [-0.39, 0.29) is 17.4 Å². The number of hydrogen-bond acceptors (Lipinski definition) is 3. The lowest BCUT2D eigenvalue weighted by atomic mass is 10.1. The third-order valence-electron chi connectivity index (χ3n) is 4.03. The lowest BCUT2D eigenvalue weighted by Gasteiger charge is -2.16. The standard InChI is InChI=1S/C18H17F2NO3/c19-11-8-12(20)10-13(9-11)24-17-7-2-1-5-15(17)21-18(23)14-4-3-6-16(14)22/h1-2,5,7-10,14,16,22H,3-4,6H2,(H,21,23). The van der Waals surface area contributed by atoms with Crippen LogP contribution in [0.15, 0.2) is 42.5 Å². The number of carbonyl (C=O) groups excluding carboxylic acids is 1. The van der Waals surface area contributed by atoms with Gasteiger partial charge in [0, 0.05) is 18.2 Å². The maximum absolute atomic E-state index is 13.3. The van der Waals surface area contributed by atoms with Crippen molar-refractivity contribution in [2.45, 2.75) is 25.4 Å².